The number of unbranched alkanes of at least 4 members (excludes halogenated alkanes) is 1. The monoisotopic (exact) mass is 264 g/mol. The molecule has 4 nitrogen and oxygen atoms in total. The van der Waals surface area contributed by atoms with E-state index in [2.05, 4.69) is 5.32 Å². The van der Waals surface area contributed by atoms with Gasteiger partial charge in [-0.15, -0.1) is 0 Å². The minimum absolute atomic E-state index is 0.0519. The summed E-state index contributed by atoms with van der Waals surface area (Å²) in [6.45, 7) is 5.06. The van der Waals surface area contributed by atoms with Gasteiger partial charge in [-0.2, -0.15) is 0 Å². The lowest BCUT2D eigenvalue weighted by Crippen LogP contribution is -2.37. The fourth-order valence-electron chi connectivity index (χ4n) is 1.69. The third-order valence-corrected chi connectivity index (χ3v) is 2.82. The molecule has 19 heavy (non-hydrogen) atoms. The van der Waals surface area contributed by atoms with Gasteiger partial charge in [0.05, 0.1) is 6.61 Å². The molecule has 1 rings (SSSR count). The molecule has 0 saturated heterocycles. The molecule has 0 aliphatic rings. The third-order valence-electron chi connectivity index (χ3n) is 2.82. The Labute approximate surface area is 115 Å². The standard InChI is InChI=1S/C15H24N2O2/c1-12-6-5-7-14(10-12)19-9-4-3-8-15(18)17-13(2)11-16/h5-7,10,13H,3-4,8-9,11,16H2,1-2H3,(H,17,18)/t13-/m0/s1. The molecule has 0 aliphatic heterocycles. The second kappa shape index (κ2) is 8.53. The number of carbonyl (C=O) groups is 1. The normalized spacial score (nSPS) is 11.9. The summed E-state index contributed by atoms with van der Waals surface area (Å²) >= 11 is 0. The highest BCUT2D eigenvalue weighted by Crippen LogP contribution is 2.12. The number of rotatable bonds is 8. The number of benzene rings is 1. The summed E-state index contributed by atoms with van der Waals surface area (Å²) in [6.07, 6.45) is 2.23. The lowest BCUT2D eigenvalue weighted by atomic mass is 10.2. The molecule has 1 amide bonds. The largest absolute Gasteiger partial charge is 0.494 e. The first-order valence-electron chi connectivity index (χ1n) is 6.80. The maximum atomic E-state index is 11.5. The second-order valence-corrected chi connectivity index (χ2v) is 4.83. The third kappa shape index (κ3) is 6.82. The van der Waals surface area contributed by atoms with Crippen molar-refractivity contribution in [1.29, 1.82) is 0 Å². The average molecular weight is 264 g/mol. The highest BCUT2D eigenvalue weighted by Gasteiger charge is 2.04. The van der Waals surface area contributed by atoms with Crippen molar-refractivity contribution in [3.63, 3.8) is 0 Å². The molecular weight excluding hydrogens is 240 g/mol. The van der Waals surface area contributed by atoms with Crippen molar-refractivity contribution in [3.05, 3.63) is 29.8 Å². The van der Waals surface area contributed by atoms with E-state index in [1.54, 1.807) is 0 Å². The van der Waals surface area contributed by atoms with E-state index >= 15 is 0 Å². The SMILES string of the molecule is Cc1cccc(OCCCCC(=O)N[C@@H](C)CN)c1. The van der Waals surface area contributed by atoms with E-state index in [-0.39, 0.29) is 11.9 Å². The molecule has 0 unspecified atom stereocenters. The summed E-state index contributed by atoms with van der Waals surface area (Å²) in [5.74, 6) is 0.953. The summed E-state index contributed by atoms with van der Waals surface area (Å²) in [5, 5.41) is 2.84. The molecule has 0 aliphatic carbocycles. The molecule has 4 heteroatoms. The Balaban J connectivity index is 2.10. The summed E-state index contributed by atoms with van der Waals surface area (Å²) in [4.78, 5) is 11.5. The topological polar surface area (TPSA) is 64.3 Å². The first kappa shape index (κ1) is 15.5. The van der Waals surface area contributed by atoms with E-state index in [4.69, 9.17) is 10.5 Å². The van der Waals surface area contributed by atoms with Gasteiger partial charge in [0, 0.05) is 19.0 Å². The molecule has 0 aromatic heterocycles. The van der Waals surface area contributed by atoms with Crippen LogP contribution in [0.25, 0.3) is 0 Å². The van der Waals surface area contributed by atoms with Gasteiger partial charge in [0.2, 0.25) is 5.91 Å². The number of aryl methyl sites for hydroxylation is 1. The predicted octanol–water partition coefficient (Wildman–Crippen LogP) is 2.01. The van der Waals surface area contributed by atoms with Gasteiger partial charge in [0.1, 0.15) is 5.75 Å². The molecule has 106 valence electrons. The zero-order chi connectivity index (χ0) is 14.1. The Morgan fingerprint density at radius 1 is 1.42 bits per heavy atom. The van der Waals surface area contributed by atoms with Gasteiger partial charge < -0.3 is 15.8 Å². The Bertz CT molecular complexity index is 393. The van der Waals surface area contributed by atoms with Gasteiger partial charge in [-0.05, 0) is 44.4 Å². The van der Waals surface area contributed by atoms with Crippen molar-refractivity contribution in [1.82, 2.24) is 5.32 Å². The lowest BCUT2D eigenvalue weighted by molar-refractivity contribution is -0.121. The van der Waals surface area contributed by atoms with E-state index in [9.17, 15) is 4.79 Å². The summed E-state index contributed by atoms with van der Waals surface area (Å²) in [7, 11) is 0. The molecule has 0 heterocycles. The van der Waals surface area contributed by atoms with Gasteiger partial charge in [-0.25, -0.2) is 0 Å². The van der Waals surface area contributed by atoms with Crippen molar-refractivity contribution < 1.29 is 9.53 Å². The van der Waals surface area contributed by atoms with E-state index in [0.29, 0.717) is 19.6 Å². The molecule has 1 aromatic carbocycles. The number of carbonyl (C=O) groups excluding carboxylic acids is 1. The number of nitrogens with one attached hydrogen (secondary N) is 1. The van der Waals surface area contributed by atoms with Crippen LogP contribution in [0, 0.1) is 6.92 Å². The Morgan fingerprint density at radius 3 is 2.89 bits per heavy atom. The van der Waals surface area contributed by atoms with Crippen LogP contribution in [0.2, 0.25) is 0 Å². The first-order valence-corrected chi connectivity index (χ1v) is 6.80. The molecule has 3 N–H and O–H groups in total. The zero-order valence-corrected chi connectivity index (χ0v) is 11.8. The quantitative estimate of drug-likeness (QED) is 0.706. The zero-order valence-electron chi connectivity index (χ0n) is 11.8. The van der Waals surface area contributed by atoms with Gasteiger partial charge >= 0.3 is 0 Å². The molecule has 0 spiro atoms. The summed E-state index contributed by atoms with van der Waals surface area (Å²) in [5.41, 5.74) is 6.63. The fourth-order valence-corrected chi connectivity index (χ4v) is 1.69. The van der Waals surface area contributed by atoms with Gasteiger partial charge in [0.15, 0.2) is 0 Å². The van der Waals surface area contributed by atoms with E-state index in [0.717, 1.165) is 18.6 Å². The highest BCUT2D eigenvalue weighted by molar-refractivity contribution is 5.76. The first-order chi connectivity index (χ1) is 9.11. The predicted molar refractivity (Wildman–Crippen MR) is 77.2 cm³/mol. The molecule has 0 radical (unpaired) electrons. The van der Waals surface area contributed by atoms with Crippen LogP contribution >= 0.6 is 0 Å². The maximum Gasteiger partial charge on any atom is 0.220 e. The van der Waals surface area contributed by atoms with Gasteiger partial charge in [-0.1, -0.05) is 12.1 Å². The van der Waals surface area contributed by atoms with Crippen molar-refractivity contribution >= 4 is 5.91 Å². The van der Waals surface area contributed by atoms with Crippen LogP contribution in [0.15, 0.2) is 24.3 Å². The van der Waals surface area contributed by atoms with Crippen LogP contribution in [0.5, 0.6) is 5.75 Å². The van der Waals surface area contributed by atoms with E-state index < -0.39 is 0 Å². The Kier molecular flexibility index (Phi) is 6.97. The second-order valence-electron chi connectivity index (χ2n) is 4.83. The Hall–Kier alpha value is -1.55. The fraction of sp³-hybridized carbons (Fsp3) is 0.533. The van der Waals surface area contributed by atoms with Crippen LogP contribution in [0.3, 0.4) is 0 Å². The lowest BCUT2D eigenvalue weighted by Gasteiger charge is -2.11. The molecule has 1 aromatic rings. The number of hydrogen-bond donors (Lipinski definition) is 2. The molecule has 0 saturated carbocycles. The number of ether oxygens (including phenoxy) is 1. The smallest absolute Gasteiger partial charge is 0.220 e. The van der Waals surface area contributed by atoms with Crippen LogP contribution in [0.4, 0.5) is 0 Å². The maximum absolute atomic E-state index is 11.5. The molecule has 1 atom stereocenters. The van der Waals surface area contributed by atoms with E-state index in [1.165, 1.54) is 5.56 Å². The van der Waals surface area contributed by atoms with Crippen LogP contribution in [0.1, 0.15) is 31.7 Å². The van der Waals surface area contributed by atoms with Crippen molar-refractivity contribution in [2.45, 2.75) is 39.2 Å². The van der Waals surface area contributed by atoms with Crippen molar-refractivity contribution in [2.24, 2.45) is 5.73 Å². The van der Waals surface area contributed by atoms with E-state index in [1.807, 2.05) is 38.1 Å². The summed E-state index contributed by atoms with van der Waals surface area (Å²) < 4.78 is 5.62. The number of nitrogens with two attached hydrogens (primary N) is 1. The van der Waals surface area contributed by atoms with Gasteiger partial charge in [0.25, 0.3) is 0 Å². The minimum atomic E-state index is 0.0519. The number of hydrogen-bond acceptors (Lipinski definition) is 3. The molecular formula is C15H24N2O2. The van der Waals surface area contributed by atoms with Gasteiger partial charge in [-0.3, -0.25) is 4.79 Å². The minimum Gasteiger partial charge on any atom is -0.494 e. The summed E-state index contributed by atoms with van der Waals surface area (Å²) in [6, 6.07) is 8.02. The highest BCUT2D eigenvalue weighted by atomic mass is 16.5. The number of amides is 1. The van der Waals surface area contributed by atoms with Crippen molar-refractivity contribution in [3.8, 4) is 5.75 Å². The molecule has 0 fully saturated rings. The molecule has 0 bridgehead atoms. The van der Waals surface area contributed by atoms with Crippen LogP contribution < -0.4 is 15.8 Å². The Morgan fingerprint density at radius 2 is 2.21 bits per heavy atom. The van der Waals surface area contributed by atoms with Crippen molar-refractivity contribution in [2.75, 3.05) is 13.2 Å². The van der Waals surface area contributed by atoms with Crippen LogP contribution in [-0.4, -0.2) is 25.1 Å². The van der Waals surface area contributed by atoms with Crippen LogP contribution in [-0.2, 0) is 4.79 Å². The average Bonchev–Trinajstić information content (AvgIpc) is 2.38.